The molecule has 1 aromatic heterocycles. The number of anilines is 2. The van der Waals surface area contributed by atoms with Crippen LogP contribution in [-0.2, 0) is 11.2 Å². The second-order valence-corrected chi connectivity index (χ2v) is 8.69. The maximum absolute atomic E-state index is 13.1. The van der Waals surface area contributed by atoms with Crippen molar-refractivity contribution in [3.05, 3.63) is 120 Å². The first kappa shape index (κ1) is 23.1. The summed E-state index contributed by atoms with van der Waals surface area (Å²) in [5.41, 5.74) is 5.14. The topological polar surface area (TPSA) is 76.0 Å². The number of para-hydroxylation sites is 1. The van der Waals surface area contributed by atoms with Crippen LogP contribution in [0.2, 0.25) is 0 Å². The number of carbonyl (C=O) groups is 2. The highest BCUT2D eigenvalue weighted by molar-refractivity contribution is 6.06. The number of nitrogens with one attached hydrogen (secondary N) is 2. The summed E-state index contributed by atoms with van der Waals surface area (Å²) in [6.07, 6.45) is 0.245. The molecule has 0 saturated carbocycles. The van der Waals surface area contributed by atoms with E-state index in [1.54, 1.807) is 24.3 Å². The van der Waals surface area contributed by atoms with E-state index in [4.69, 9.17) is 0 Å². The van der Waals surface area contributed by atoms with Crippen LogP contribution in [0.1, 0.15) is 27.3 Å². The summed E-state index contributed by atoms with van der Waals surface area (Å²) in [7, 11) is 0. The average Bonchev–Trinajstić information content (AvgIpc) is 3.18. The molecule has 0 fully saturated rings. The highest BCUT2D eigenvalue weighted by atomic mass is 16.2. The molecule has 0 bridgehead atoms. The number of fused-ring (bicyclic) bond motifs is 1. The molecule has 0 aliphatic heterocycles. The van der Waals surface area contributed by atoms with Crippen LogP contribution in [0, 0.1) is 13.8 Å². The second kappa shape index (κ2) is 9.88. The molecule has 36 heavy (non-hydrogen) atoms. The lowest BCUT2D eigenvalue weighted by Crippen LogP contribution is -2.16. The first-order chi connectivity index (χ1) is 17.5. The SMILES string of the molecule is Cc1nn(-c2ccccc2)c(C)c1NC(=O)c1cccc(NC(=O)Cc2cccc3ccccc23)c1. The number of aryl methyl sites for hydroxylation is 1. The van der Waals surface area contributed by atoms with E-state index in [-0.39, 0.29) is 18.2 Å². The van der Waals surface area contributed by atoms with E-state index >= 15 is 0 Å². The standard InChI is InChI=1S/C30H26N4O2/c1-20-29(21(2)34(33-20)26-15-4-3-5-16-26)32-30(36)24-13-9-14-25(18-24)31-28(35)19-23-12-8-11-22-10-6-7-17-27(22)23/h3-18H,19H2,1-2H3,(H,31,35)(H,32,36). The van der Waals surface area contributed by atoms with Gasteiger partial charge in [-0.05, 0) is 60.5 Å². The van der Waals surface area contributed by atoms with Gasteiger partial charge < -0.3 is 10.6 Å². The Morgan fingerprint density at radius 1 is 0.806 bits per heavy atom. The van der Waals surface area contributed by atoms with E-state index in [0.717, 1.165) is 33.4 Å². The largest absolute Gasteiger partial charge is 0.326 e. The Morgan fingerprint density at radius 3 is 2.36 bits per heavy atom. The molecular weight excluding hydrogens is 448 g/mol. The van der Waals surface area contributed by atoms with Crippen molar-refractivity contribution >= 4 is 34.0 Å². The molecular formula is C30H26N4O2. The van der Waals surface area contributed by atoms with Gasteiger partial charge in [0.15, 0.2) is 0 Å². The lowest BCUT2D eigenvalue weighted by Gasteiger charge is -2.10. The van der Waals surface area contributed by atoms with Crippen molar-refractivity contribution in [1.29, 1.82) is 0 Å². The normalized spacial score (nSPS) is 10.8. The van der Waals surface area contributed by atoms with Gasteiger partial charge >= 0.3 is 0 Å². The fraction of sp³-hybridized carbons (Fsp3) is 0.100. The molecule has 0 spiro atoms. The lowest BCUT2D eigenvalue weighted by atomic mass is 10.0. The van der Waals surface area contributed by atoms with Crippen LogP contribution in [0.4, 0.5) is 11.4 Å². The van der Waals surface area contributed by atoms with Crippen LogP contribution in [0.25, 0.3) is 16.5 Å². The number of aromatic nitrogens is 2. The maximum atomic E-state index is 13.1. The van der Waals surface area contributed by atoms with Crippen molar-refractivity contribution in [2.75, 3.05) is 10.6 Å². The zero-order valence-corrected chi connectivity index (χ0v) is 20.2. The van der Waals surface area contributed by atoms with Crippen LogP contribution in [-0.4, -0.2) is 21.6 Å². The fourth-order valence-electron chi connectivity index (χ4n) is 4.39. The Morgan fingerprint density at radius 2 is 1.53 bits per heavy atom. The second-order valence-electron chi connectivity index (χ2n) is 8.69. The average molecular weight is 475 g/mol. The smallest absolute Gasteiger partial charge is 0.255 e. The molecule has 0 atom stereocenters. The van der Waals surface area contributed by atoms with Gasteiger partial charge in [-0.25, -0.2) is 4.68 Å². The molecule has 0 aliphatic rings. The number of nitrogens with zero attached hydrogens (tertiary/aromatic N) is 2. The Hall–Kier alpha value is -4.71. The third kappa shape index (κ3) is 4.74. The molecule has 6 heteroatoms. The minimum absolute atomic E-state index is 0.139. The summed E-state index contributed by atoms with van der Waals surface area (Å²) in [5.74, 6) is -0.404. The Kier molecular flexibility index (Phi) is 6.33. The van der Waals surface area contributed by atoms with E-state index < -0.39 is 0 Å². The van der Waals surface area contributed by atoms with Gasteiger partial charge in [-0.15, -0.1) is 0 Å². The first-order valence-corrected chi connectivity index (χ1v) is 11.8. The predicted octanol–water partition coefficient (Wildman–Crippen LogP) is 6.08. The minimum Gasteiger partial charge on any atom is -0.326 e. The van der Waals surface area contributed by atoms with Crippen molar-refractivity contribution in [1.82, 2.24) is 9.78 Å². The first-order valence-electron chi connectivity index (χ1n) is 11.8. The lowest BCUT2D eigenvalue weighted by molar-refractivity contribution is -0.115. The van der Waals surface area contributed by atoms with Crippen LogP contribution in [0.3, 0.4) is 0 Å². The molecule has 4 aromatic carbocycles. The van der Waals surface area contributed by atoms with Crippen LogP contribution < -0.4 is 10.6 Å². The van der Waals surface area contributed by atoms with Gasteiger partial charge in [0.25, 0.3) is 5.91 Å². The minimum atomic E-state index is -0.265. The summed E-state index contributed by atoms with van der Waals surface area (Å²) >= 11 is 0. The molecule has 0 saturated heterocycles. The number of rotatable bonds is 6. The third-order valence-electron chi connectivity index (χ3n) is 6.17. The number of amides is 2. The quantitative estimate of drug-likeness (QED) is 0.313. The van der Waals surface area contributed by atoms with Crippen LogP contribution in [0.5, 0.6) is 0 Å². The zero-order valence-electron chi connectivity index (χ0n) is 20.2. The Bertz CT molecular complexity index is 1570. The summed E-state index contributed by atoms with van der Waals surface area (Å²) in [5, 5.41) is 12.7. The van der Waals surface area contributed by atoms with Gasteiger partial charge in [0, 0.05) is 11.3 Å². The van der Waals surface area contributed by atoms with Crippen molar-refractivity contribution in [3.63, 3.8) is 0 Å². The molecule has 178 valence electrons. The number of hydrogen-bond acceptors (Lipinski definition) is 3. The molecule has 0 radical (unpaired) electrons. The fourth-order valence-corrected chi connectivity index (χ4v) is 4.39. The van der Waals surface area contributed by atoms with E-state index in [9.17, 15) is 9.59 Å². The Labute approximate surface area is 209 Å². The maximum Gasteiger partial charge on any atom is 0.255 e. The highest BCUT2D eigenvalue weighted by Crippen LogP contribution is 2.24. The third-order valence-corrected chi connectivity index (χ3v) is 6.17. The van der Waals surface area contributed by atoms with Crippen molar-refractivity contribution in [3.8, 4) is 5.69 Å². The number of benzene rings is 4. The molecule has 5 rings (SSSR count). The molecule has 0 aliphatic carbocycles. The monoisotopic (exact) mass is 474 g/mol. The van der Waals surface area contributed by atoms with Gasteiger partial charge in [0.2, 0.25) is 5.91 Å². The predicted molar refractivity (Wildman–Crippen MR) is 144 cm³/mol. The van der Waals surface area contributed by atoms with Gasteiger partial charge in [-0.3, -0.25) is 9.59 Å². The van der Waals surface area contributed by atoms with E-state index in [0.29, 0.717) is 16.9 Å². The molecule has 2 amide bonds. The van der Waals surface area contributed by atoms with E-state index in [1.165, 1.54) is 0 Å². The van der Waals surface area contributed by atoms with Crippen molar-refractivity contribution in [2.45, 2.75) is 20.3 Å². The van der Waals surface area contributed by atoms with Crippen LogP contribution >= 0.6 is 0 Å². The number of carbonyl (C=O) groups excluding carboxylic acids is 2. The van der Waals surface area contributed by atoms with Gasteiger partial charge in [-0.2, -0.15) is 5.10 Å². The molecule has 5 aromatic rings. The summed E-state index contributed by atoms with van der Waals surface area (Å²) in [6.45, 7) is 3.79. The Balaban J connectivity index is 1.30. The molecule has 2 N–H and O–H groups in total. The molecule has 0 unspecified atom stereocenters. The van der Waals surface area contributed by atoms with Gasteiger partial charge in [0.1, 0.15) is 0 Å². The highest BCUT2D eigenvalue weighted by Gasteiger charge is 2.17. The summed E-state index contributed by atoms with van der Waals surface area (Å²) < 4.78 is 1.81. The van der Waals surface area contributed by atoms with E-state index in [2.05, 4.69) is 15.7 Å². The van der Waals surface area contributed by atoms with Gasteiger partial charge in [-0.1, -0.05) is 66.7 Å². The zero-order chi connectivity index (χ0) is 25.1. The van der Waals surface area contributed by atoms with E-state index in [1.807, 2.05) is 91.3 Å². The summed E-state index contributed by atoms with van der Waals surface area (Å²) in [4.78, 5) is 25.9. The van der Waals surface area contributed by atoms with Crippen molar-refractivity contribution in [2.24, 2.45) is 0 Å². The van der Waals surface area contributed by atoms with Crippen molar-refractivity contribution < 1.29 is 9.59 Å². The number of hydrogen-bond donors (Lipinski definition) is 2. The van der Waals surface area contributed by atoms with Crippen LogP contribution in [0.15, 0.2) is 97.1 Å². The molecule has 1 heterocycles. The van der Waals surface area contributed by atoms with Gasteiger partial charge in [0.05, 0.1) is 29.2 Å². The molecule has 6 nitrogen and oxygen atoms in total. The summed E-state index contributed by atoms with van der Waals surface area (Å²) in [6, 6.07) is 30.7.